The molecule has 1 heterocycles. The third-order valence-corrected chi connectivity index (χ3v) is 4.48. The summed E-state index contributed by atoms with van der Waals surface area (Å²) in [6, 6.07) is -0.235. The molecule has 25 heavy (non-hydrogen) atoms. The highest BCUT2D eigenvalue weighted by atomic mass is 16.2. The molecule has 2 atom stereocenters. The maximum absolute atomic E-state index is 12.2. The normalized spacial score (nSPS) is 21.0. The summed E-state index contributed by atoms with van der Waals surface area (Å²) in [7, 11) is 0. The van der Waals surface area contributed by atoms with Gasteiger partial charge in [-0.1, -0.05) is 27.2 Å². The number of hydrogen-bond acceptors (Lipinski definition) is 4. The summed E-state index contributed by atoms with van der Waals surface area (Å²) >= 11 is 0. The Hall–Kier alpha value is -1.63. The van der Waals surface area contributed by atoms with Gasteiger partial charge in [-0.15, -0.1) is 0 Å². The van der Waals surface area contributed by atoms with Gasteiger partial charge in [-0.3, -0.25) is 19.8 Å². The van der Waals surface area contributed by atoms with Crippen molar-refractivity contribution in [3.05, 3.63) is 0 Å². The van der Waals surface area contributed by atoms with Crippen molar-refractivity contribution in [2.75, 3.05) is 26.2 Å². The SMILES string of the molecule is CCCCNC(=O)C1CCC(C)N(CC(=O)NC(=O)NCC(C)C)C1. The van der Waals surface area contributed by atoms with Crippen molar-refractivity contribution in [3.63, 3.8) is 0 Å². The second-order valence-electron chi connectivity index (χ2n) is 7.35. The van der Waals surface area contributed by atoms with E-state index in [4.69, 9.17) is 0 Å². The van der Waals surface area contributed by atoms with E-state index in [9.17, 15) is 14.4 Å². The maximum Gasteiger partial charge on any atom is 0.321 e. The minimum absolute atomic E-state index is 0.0698. The van der Waals surface area contributed by atoms with Crippen LogP contribution >= 0.6 is 0 Å². The van der Waals surface area contributed by atoms with Gasteiger partial charge in [0.05, 0.1) is 12.5 Å². The summed E-state index contributed by atoms with van der Waals surface area (Å²) in [5.41, 5.74) is 0. The summed E-state index contributed by atoms with van der Waals surface area (Å²) in [4.78, 5) is 38.0. The molecule has 0 radical (unpaired) electrons. The van der Waals surface area contributed by atoms with Gasteiger partial charge in [0.2, 0.25) is 11.8 Å². The van der Waals surface area contributed by atoms with Gasteiger partial charge >= 0.3 is 6.03 Å². The van der Waals surface area contributed by atoms with Gasteiger partial charge in [0.15, 0.2) is 0 Å². The van der Waals surface area contributed by atoms with Crippen molar-refractivity contribution in [2.24, 2.45) is 11.8 Å². The van der Waals surface area contributed by atoms with Crippen LogP contribution in [-0.2, 0) is 9.59 Å². The Bertz CT molecular complexity index is 454. The smallest absolute Gasteiger partial charge is 0.321 e. The minimum atomic E-state index is -0.461. The molecule has 0 spiro atoms. The first-order chi connectivity index (χ1) is 11.8. The molecule has 1 aliphatic heterocycles. The molecule has 0 aliphatic carbocycles. The summed E-state index contributed by atoms with van der Waals surface area (Å²) in [5, 5.41) is 7.99. The number of amides is 4. The lowest BCUT2D eigenvalue weighted by atomic mass is 9.92. The number of hydrogen-bond donors (Lipinski definition) is 3. The molecule has 7 heteroatoms. The Morgan fingerprint density at radius 1 is 1.16 bits per heavy atom. The number of piperidine rings is 1. The molecule has 1 fully saturated rings. The second-order valence-corrected chi connectivity index (χ2v) is 7.35. The molecular formula is C18H34N4O3. The quantitative estimate of drug-likeness (QED) is 0.576. The monoisotopic (exact) mass is 354 g/mol. The van der Waals surface area contributed by atoms with E-state index in [1.165, 1.54) is 0 Å². The number of urea groups is 1. The third-order valence-electron chi connectivity index (χ3n) is 4.48. The zero-order chi connectivity index (χ0) is 18.8. The van der Waals surface area contributed by atoms with Gasteiger partial charge in [-0.05, 0) is 32.1 Å². The average Bonchev–Trinajstić information content (AvgIpc) is 2.55. The minimum Gasteiger partial charge on any atom is -0.356 e. The predicted molar refractivity (Wildman–Crippen MR) is 98.1 cm³/mol. The van der Waals surface area contributed by atoms with Crippen LogP contribution in [0.5, 0.6) is 0 Å². The molecule has 4 amide bonds. The first-order valence-electron chi connectivity index (χ1n) is 9.42. The molecule has 0 aromatic heterocycles. The number of nitrogens with one attached hydrogen (secondary N) is 3. The molecule has 3 N–H and O–H groups in total. The fourth-order valence-electron chi connectivity index (χ4n) is 2.84. The lowest BCUT2D eigenvalue weighted by Crippen LogP contribution is -2.52. The summed E-state index contributed by atoms with van der Waals surface area (Å²) in [6.07, 6.45) is 3.74. The molecule has 0 aromatic carbocycles. The van der Waals surface area contributed by atoms with Gasteiger partial charge in [0, 0.05) is 25.7 Å². The fraction of sp³-hybridized carbons (Fsp3) is 0.833. The average molecular weight is 354 g/mol. The van der Waals surface area contributed by atoms with Crippen LogP contribution in [0.1, 0.15) is 53.4 Å². The Kier molecular flexibility index (Phi) is 9.49. The predicted octanol–water partition coefficient (Wildman–Crippen LogP) is 1.49. The van der Waals surface area contributed by atoms with E-state index >= 15 is 0 Å². The van der Waals surface area contributed by atoms with Crippen LogP contribution in [0.3, 0.4) is 0 Å². The number of likely N-dealkylation sites (tertiary alicyclic amines) is 1. The van der Waals surface area contributed by atoms with Crippen LogP contribution in [0.15, 0.2) is 0 Å². The van der Waals surface area contributed by atoms with E-state index < -0.39 is 6.03 Å². The van der Waals surface area contributed by atoms with E-state index in [0.29, 0.717) is 25.6 Å². The number of imide groups is 1. The van der Waals surface area contributed by atoms with Crippen molar-refractivity contribution in [2.45, 2.75) is 59.4 Å². The Labute approximate surface area is 151 Å². The van der Waals surface area contributed by atoms with Crippen molar-refractivity contribution in [1.82, 2.24) is 20.9 Å². The highest BCUT2D eigenvalue weighted by molar-refractivity contribution is 5.95. The summed E-state index contributed by atoms with van der Waals surface area (Å²) in [6.45, 7) is 10.0. The number of carbonyl (C=O) groups is 3. The first-order valence-corrected chi connectivity index (χ1v) is 9.42. The van der Waals surface area contributed by atoms with E-state index in [1.54, 1.807) is 0 Å². The van der Waals surface area contributed by atoms with Crippen molar-refractivity contribution >= 4 is 17.8 Å². The van der Waals surface area contributed by atoms with Crippen LogP contribution in [0.4, 0.5) is 4.79 Å². The highest BCUT2D eigenvalue weighted by Crippen LogP contribution is 2.21. The standard InChI is InChI=1S/C18H34N4O3/c1-5-6-9-19-17(24)15-8-7-14(4)22(11-15)12-16(23)21-18(25)20-10-13(2)3/h13-15H,5-12H2,1-4H3,(H,19,24)(H2,20,21,23,25). The molecule has 1 rings (SSSR count). The van der Waals surface area contributed by atoms with Gasteiger partial charge in [0.1, 0.15) is 0 Å². The molecule has 1 aliphatic rings. The van der Waals surface area contributed by atoms with Crippen LogP contribution in [-0.4, -0.2) is 55.0 Å². The van der Waals surface area contributed by atoms with Crippen LogP contribution < -0.4 is 16.0 Å². The molecular weight excluding hydrogens is 320 g/mol. The lowest BCUT2D eigenvalue weighted by Gasteiger charge is -2.36. The van der Waals surface area contributed by atoms with E-state index in [-0.39, 0.29) is 30.3 Å². The van der Waals surface area contributed by atoms with E-state index in [1.807, 2.05) is 18.7 Å². The van der Waals surface area contributed by atoms with Gasteiger partial charge in [-0.25, -0.2) is 4.79 Å². The zero-order valence-corrected chi connectivity index (χ0v) is 16.1. The zero-order valence-electron chi connectivity index (χ0n) is 16.1. The topological polar surface area (TPSA) is 90.5 Å². The van der Waals surface area contributed by atoms with Gasteiger partial charge < -0.3 is 10.6 Å². The first kappa shape index (κ1) is 21.4. The van der Waals surface area contributed by atoms with Crippen LogP contribution in [0.2, 0.25) is 0 Å². The Morgan fingerprint density at radius 2 is 1.88 bits per heavy atom. The van der Waals surface area contributed by atoms with Crippen molar-refractivity contribution in [1.29, 1.82) is 0 Å². The fourth-order valence-corrected chi connectivity index (χ4v) is 2.84. The van der Waals surface area contributed by atoms with Crippen LogP contribution in [0.25, 0.3) is 0 Å². The molecule has 0 aromatic rings. The number of carbonyl (C=O) groups excluding carboxylic acids is 3. The van der Waals surface area contributed by atoms with Crippen LogP contribution in [0, 0.1) is 11.8 Å². The third kappa shape index (κ3) is 8.34. The van der Waals surface area contributed by atoms with Crippen molar-refractivity contribution in [3.8, 4) is 0 Å². The molecule has 2 unspecified atom stereocenters. The second kappa shape index (κ2) is 11.1. The van der Waals surface area contributed by atoms with E-state index in [2.05, 4.69) is 29.8 Å². The summed E-state index contributed by atoms with van der Waals surface area (Å²) < 4.78 is 0. The largest absolute Gasteiger partial charge is 0.356 e. The molecule has 0 saturated carbocycles. The van der Waals surface area contributed by atoms with Gasteiger partial charge in [0.25, 0.3) is 0 Å². The van der Waals surface area contributed by atoms with Gasteiger partial charge in [-0.2, -0.15) is 0 Å². The number of unbranched alkanes of at least 4 members (excludes halogenated alkanes) is 1. The maximum atomic E-state index is 12.2. The highest BCUT2D eigenvalue weighted by Gasteiger charge is 2.30. The summed E-state index contributed by atoms with van der Waals surface area (Å²) in [5.74, 6) is -0.0221. The molecule has 7 nitrogen and oxygen atoms in total. The number of rotatable bonds is 8. The van der Waals surface area contributed by atoms with Crippen molar-refractivity contribution < 1.29 is 14.4 Å². The molecule has 144 valence electrons. The Balaban J connectivity index is 2.43. The Morgan fingerprint density at radius 3 is 2.52 bits per heavy atom. The molecule has 1 saturated heterocycles. The van der Waals surface area contributed by atoms with E-state index in [0.717, 1.165) is 25.7 Å². The number of nitrogens with zero attached hydrogens (tertiary/aromatic N) is 1. The lowest BCUT2D eigenvalue weighted by molar-refractivity contribution is -0.129. The molecule has 0 bridgehead atoms.